The lowest BCUT2D eigenvalue weighted by atomic mass is 9.94. The van der Waals surface area contributed by atoms with Crippen LogP contribution >= 0.6 is 11.8 Å². The molecule has 0 spiro atoms. The number of nitrogens with zero attached hydrogens (tertiary/aromatic N) is 4. The minimum atomic E-state index is -4.26. The number of aromatic nitrogens is 3. The van der Waals surface area contributed by atoms with Crippen LogP contribution in [0, 0.1) is 5.92 Å². The van der Waals surface area contributed by atoms with E-state index in [0.29, 0.717) is 11.8 Å². The molecule has 1 aromatic carbocycles. The van der Waals surface area contributed by atoms with E-state index in [1.807, 2.05) is 0 Å². The molecule has 2 atom stereocenters. The highest BCUT2D eigenvalue weighted by Gasteiger charge is 2.60. The lowest BCUT2D eigenvalue weighted by molar-refractivity contribution is -0.137. The first-order valence-corrected chi connectivity index (χ1v) is 12.3. The van der Waals surface area contributed by atoms with Gasteiger partial charge in [0.15, 0.2) is 5.16 Å². The van der Waals surface area contributed by atoms with Crippen molar-refractivity contribution in [1.82, 2.24) is 19.7 Å². The van der Waals surface area contributed by atoms with Gasteiger partial charge in [0.1, 0.15) is 5.82 Å². The van der Waals surface area contributed by atoms with Crippen molar-refractivity contribution in [3.63, 3.8) is 0 Å². The Kier molecular flexibility index (Phi) is 5.57. The molecule has 0 N–H and O–H groups in total. The van der Waals surface area contributed by atoms with Gasteiger partial charge in [-0.25, -0.2) is 0 Å². The number of halogens is 3. The van der Waals surface area contributed by atoms with Crippen LogP contribution in [0.3, 0.4) is 0 Å². The maximum absolute atomic E-state index is 12.8. The summed E-state index contributed by atoms with van der Waals surface area (Å²) in [6.07, 6.45) is 2.97. The lowest BCUT2D eigenvalue weighted by Gasteiger charge is -2.21. The van der Waals surface area contributed by atoms with Gasteiger partial charge in [0.05, 0.1) is 5.56 Å². The second kappa shape index (κ2) is 8.10. The molecule has 0 bridgehead atoms. The second-order valence-electron chi connectivity index (χ2n) is 9.45. The quantitative estimate of drug-likeness (QED) is 0.426. The van der Waals surface area contributed by atoms with Crippen molar-refractivity contribution in [2.45, 2.75) is 61.2 Å². The van der Waals surface area contributed by atoms with Crippen molar-refractivity contribution >= 4 is 11.8 Å². The van der Waals surface area contributed by atoms with Gasteiger partial charge in [-0.2, -0.15) is 13.2 Å². The van der Waals surface area contributed by atoms with Crippen LogP contribution in [0.15, 0.2) is 29.4 Å². The lowest BCUT2D eigenvalue weighted by Crippen LogP contribution is -2.28. The molecule has 4 nitrogen and oxygen atoms in total. The first-order chi connectivity index (χ1) is 14.9. The number of likely N-dealkylation sites (tertiary alicyclic amines) is 1. The highest BCUT2D eigenvalue weighted by atomic mass is 32.2. The Bertz CT molecular complexity index is 920. The predicted octanol–water partition coefficient (Wildman–Crippen LogP) is 5.25. The number of fused-ring (bicyclic) bond motifs is 1. The summed E-state index contributed by atoms with van der Waals surface area (Å²) >= 11 is 1.78. The Morgan fingerprint density at radius 1 is 1.13 bits per heavy atom. The standard InChI is InChI=1S/C23H29F3N4S/c1-29-20(16-5-2-3-6-16)27-28-21(29)31-12-4-11-30-14-19-13-22(19,15-30)17-7-9-18(10-8-17)23(24,25)26/h7-10,16,19H,2-6,11-15H2,1H3/t19-,22?/m0/s1. The monoisotopic (exact) mass is 450 g/mol. The molecule has 3 aliphatic rings. The molecule has 31 heavy (non-hydrogen) atoms. The first kappa shape index (κ1) is 21.3. The molecule has 2 aliphatic carbocycles. The molecule has 0 radical (unpaired) electrons. The number of rotatable bonds is 7. The van der Waals surface area contributed by atoms with Crippen LogP contribution in [0.4, 0.5) is 13.2 Å². The van der Waals surface area contributed by atoms with E-state index in [4.69, 9.17) is 0 Å². The largest absolute Gasteiger partial charge is 0.416 e. The molecule has 2 aromatic rings. The SMILES string of the molecule is Cn1c(SCCCN2C[C@@H]3CC3(c3ccc(C(F)(F)F)cc3)C2)nnc1C1CCCC1. The van der Waals surface area contributed by atoms with Gasteiger partial charge in [-0.15, -0.1) is 10.2 Å². The topological polar surface area (TPSA) is 34.0 Å². The minimum absolute atomic E-state index is 0.0804. The summed E-state index contributed by atoms with van der Waals surface area (Å²) in [5.74, 6) is 3.30. The third kappa shape index (κ3) is 4.13. The molecule has 8 heteroatoms. The zero-order valence-electron chi connectivity index (χ0n) is 17.9. The maximum atomic E-state index is 12.8. The Morgan fingerprint density at radius 2 is 1.87 bits per heavy atom. The van der Waals surface area contributed by atoms with Crippen molar-refractivity contribution < 1.29 is 13.2 Å². The van der Waals surface area contributed by atoms with E-state index in [1.54, 1.807) is 23.9 Å². The zero-order chi connectivity index (χ0) is 21.6. The molecule has 168 valence electrons. The average Bonchev–Trinajstić information content (AvgIpc) is 3.15. The number of hydrogen-bond acceptors (Lipinski definition) is 4. The van der Waals surface area contributed by atoms with Crippen LogP contribution < -0.4 is 0 Å². The fourth-order valence-electron chi connectivity index (χ4n) is 5.64. The van der Waals surface area contributed by atoms with Gasteiger partial charge < -0.3 is 9.47 Å². The summed E-state index contributed by atoms with van der Waals surface area (Å²) in [6.45, 7) is 3.05. The first-order valence-electron chi connectivity index (χ1n) is 11.3. The summed E-state index contributed by atoms with van der Waals surface area (Å²) in [5.41, 5.74) is 0.592. The molecular weight excluding hydrogens is 421 g/mol. The predicted molar refractivity (Wildman–Crippen MR) is 115 cm³/mol. The smallest absolute Gasteiger partial charge is 0.309 e. The van der Waals surface area contributed by atoms with Crippen LogP contribution in [0.5, 0.6) is 0 Å². The van der Waals surface area contributed by atoms with E-state index in [9.17, 15) is 13.2 Å². The highest BCUT2D eigenvalue weighted by molar-refractivity contribution is 7.99. The van der Waals surface area contributed by atoms with E-state index < -0.39 is 11.7 Å². The molecule has 1 aromatic heterocycles. The van der Waals surface area contributed by atoms with E-state index in [-0.39, 0.29) is 5.41 Å². The minimum Gasteiger partial charge on any atom is -0.309 e. The summed E-state index contributed by atoms with van der Waals surface area (Å²) in [4.78, 5) is 2.48. The van der Waals surface area contributed by atoms with E-state index in [2.05, 4.69) is 26.7 Å². The Labute approximate surface area is 185 Å². The van der Waals surface area contributed by atoms with Crippen LogP contribution in [0.2, 0.25) is 0 Å². The van der Waals surface area contributed by atoms with Crippen molar-refractivity contribution in [1.29, 1.82) is 0 Å². The zero-order valence-corrected chi connectivity index (χ0v) is 18.7. The Balaban J connectivity index is 1.10. The second-order valence-corrected chi connectivity index (χ2v) is 10.5. The van der Waals surface area contributed by atoms with Gasteiger partial charge in [0.2, 0.25) is 0 Å². The van der Waals surface area contributed by atoms with Crippen LogP contribution in [-0.4, -0.2) is 45.1 Å². The molecule has 3 fully saturated rings. The van der Waals surface area contributed by atoms with E-state index in [1.165, 1.54) is 37.8 Å². The molecule has 2 saturated carbocycles. The number of piperidine rings is 1. The number of thioether (sulfide) groups is 1. The van der Waals surface area contributed by atoms with Crippen LogP contribution in [-0.2, 0) is 18.6 Å². The third-order valence-corrected chi connectivity index (χ3v) is 8.55. The normalized spacial score (nSPS) is 26.5. The molecule has 1 saturated heterocycles. The highest BCUT2D eigenvalue weighted by Crippen LogP contribution is 2.59. The number of hydrogen-bond donors (Lipinski definition) is 0. The van der Waals surface area contributed by atoms with Gasteiger partial charge >= 0.3 is 6.18 Å². The maximum Gasteiger partial charge on any atom is 0.416 e. The van der Waals surface area contributed by atoms with Crippen molar-refractivity contribution in [2.24, 2.45) is 13.0 Å². The Morgan fingerprint density at radius 3 is 2.58 bits per heavy atom. The van der Waals surface area contributed by atoms with Crippen LogP contribution in [0.25, 0.3) is 0 Å². The fraction of sp³-hybridized carbons (Fsp3) is 0.652. The number of benzene rings is 1. The van der Waals surface area contributed by atoms with Crippen molar-refractivity contribution in [2.75, 3.05) is 25.4 Å². The summed E-state index contributed by atoms with van der Waals surface area (Å²) in [5, 5.41) is 9.86. The van der Waals surface area contributed by atoms with Crippen molar-refractivity contribution in [3.8, 4) is 0 Å². The third-order valence-electron chi connectivity index (χ3n) is 7.44. The molecular formula is C23H29F3N4S. The molecule has 1 unspecified atom stereocenters. The molecule has 1 aliphatic heterocycles. The fourth-order valence-corrected chi connectivity index (χ4v) is 6.48. The van der Waals surface area contributed by atoms with E-state index in [0.717, 1.165) is 54.8 Å². The summed E-state index contributed by atoms with van der Waals surface area (Å²) in [7, 11) is 2.08. The summed E-state index contributed by atoms with van der Waals surface area (Å²) < 4.78 is 40.7. The Hall–Kier alpha value is -1.54. The van der Waals surface area contributed by atoms with Gasteiger partial charge in [0.25, 0.3) is 0 Å². The van der Waals surface area contributed by atoms with Crippen LogP contribution in [0.1, 0.15) is 61.4 Å². The van der Waals surface area contributed by atoms with Crippen molar-refractivity contribution in [3.05, 3.63) is 41.2 Å². The average molecular weight is 451 g/mol. The van der Waals surface area contributed by atoms with Gasteiger partial charge in [-0.1, -0.05) is 36.7 Å². The molecule has 5 rings (SSSR count). The summed E-state index contributed by atoms with van der Waals surface area (Å²) in [6, 6.07) is 5.86. The van der Waals surface area contributed by atoms with E-state index >= 15 is 0 Å². The van der Waals surface area contributed by atoms with Gasteiger partial charge in [0, 0.05) is 37.2 Å². The van der Waals surface area contributed by atoms with Gasteiger partial charge in [-0.05, 0) is 55.8 Å². The number of alkyl halides is 3. The van der Waals surface area contributed by atoms with Gasteiger partial charge in [-0.3, -0.25) is 0 Å². The molecule has 0 amide bonds. The molecule has 2 heterocycles.